The quantitative estimate of drug-likeness (QED) is 0.819. The first-order chi connectivity index (χ1) is 11.1. The molecule has 1 unspecified atom stereocenters. The lowest BCUT2D eigenvalue weighted by Gasteiger charge is -2.13. The second-order valence-electron chi connectivity index (χ2n) is 5.22. The summed E-state index contributed by atoms with van der Waals surface area (Å²) in [7, 11) is 0. The van der Waals surface area contributed by atoms with Crippen molar-refractivity contribution in [3.05, 3.63) is 58.3 Å². The predicted molar refractivity (Wildman–Crippen MR) is 90.3 cm³/mol. The number of carbonyl (C=O) groups is 2. The fraction of sp³-hybridized carbons (Fsp3) is 0.294. The van der Waals surface area contributed by atoms with Gasteiger partial charge in [0.05, 0.1) is 0 Å². The summed E-state index contributed by atoms with van der Waals surface area (Å²) in [5, 5.41) is 9.35. The van der Waals surface area contributed by atoms with E-state index in [4.69, 9.17) is 4.74 Å². The summed E-state index contributed by atoms with van der Waals surface area (Å²) in [6, 6.07) is 11.4. The number of nitrogens with one attached hydrogen (secondary N) is 2. The van der Waals surface area contributed by atoms with Crippen molar-refractivity contribution in [2.75, 3.05) is 6.54 Å². The highest BCUT2D eigenvalue weighted by molar-refractivity contribution is 7.07. The summed E-state index contributed by atoms with van der Waals surface area (Å²) in [5.41, 5.74) is 2.09. The van der Waals surface area contributed by atoms with E-state index >= 15 is 0 Å². The van der Waals surface area contributed by atoms with Crippen LogP contribution in [-0.2, 0) is 22.6 Å². The Bertz CT molecular complexity index is 614. The molecule has 0 saturated carbocycles. The Morgan fingerprint density at radius 2 is 1.96 bits per heavy atom. The number of amides is 2. The molecule has 1 aromatic carbocycles. The summed E-state index contributed by atoms with van der Waals surface area (Å²) >= 11 is 1.63. The molecule has 0 aliphatic rings. The van der Waals surface area contributed by atoms with Gasteiger partial charge in [0.15, 0.2) is 0 Å². The van der Waals surface area contributed by atoms with Gasteiger partial charge < -0.3 is 15.4 Å². The van der Waals surface area contributed by atoms with E-state index < -0.39 is 6.09 Å². The normalized spacial score (nSPS) is 11.5. The first-order valence-electron chi connectivity index (χ1n) is 7.38. The molecule has 23 heavy (non-hydrogen) atoms. The monoisotopic (exact) mass is 332 g/mol. The Labute approximate surface area is 139 Å². The van der Waals surface area contributed by atoms with Crippen LogP contribution in [0.4, 0.5) is 4.79 Å². The molecule has 5 nitrogen and oxygen atoms in total. The Morgan fingerprint density at radius 1 is 1.17 bits per heavy atom. The van der Waals surface area contributed by atoms with E-state index in [9.17, 15) is 9.59 Å². The van der Waals surface area contributed by atoms with E-state index in [0.717, 1.165) is 12.0 Å². The highest BCUT2D eigenvalue weighted by Crippen LogP contribution is 2.08. The van der Waals surface area contributed by atoms with Crippen LogP contribution in [0.2, 0.25) is 0 Å². The molecule has 2 aromatic rings. The highest BCUT2D eigenvalue weighted by Gasteiger charge is 2.10. The van der Waals surface area contributed by atoms with E-state index in [-0.39, 0.29) is 25.1 Å². The summed E-state index contributed by atoms with van der Waals surface area (Å²) in [6.07, 6.45) is 0.169. The maximum Gasteiger partial charge on any atom is 0.407 e. The number of carbonyl (C=O) groups excluding carboxylic acids is 2. The zero-order valence-corrected chi connectivity index (χ0v) is 13.8. The van der Waals surface area contributed by atoms with Crippen LogP contribution in [-0.4, -0.2) is 24.6 Å². The number of rotatable bonds is 7. The summed E-state index contributed by atoms with van der Waals surface area (Å²) in [4.78, 5) is 23.3. The predicted octanol–water partition coefficient (Wildman–Crippen LogP) is 2.72. The Morgan fingerprint density at radius 3 is 2.65 bits per heavy atom. The van der Waals surface area contributed by atoms with Crippen molar-refractivity contribution in [3.63, 3.8) is 0 Å². The van der Waals surface area contributed by atoms with Gasteiger partial charge in [0.2, 0.25) is 5.91 Å². The van der Waals surface area contributed by atoms with Crippen LogP contribution in [0.3, 0.4) is 0 Å². The molecule has 0 fully saturated rings. The van der Waals surface area contributed by atoms with Crippen LogP contribution < -0.4 is 10.6 Å². The third-order valence-corrected chi connectivity index (χ3v) is 3.87. The molecule has 122 valence electrons. The second-order valence-corrected chi connectivity index (χ2v) is 6.00. The lowest BCUT2D eigenvalue weighted by atomic mass is 10.1. The minimum absolute atomic E-state index is 0.0132. The molecule has 2 rings (SSSR count). The maximum absolute atomic E-state index is 11.8. The molecule has 0 saturated heterocycles. The van der Waals surface area contributed by atoms with Crippen molar-refractivity contribution in [1.82, 2.24) is 10.6 Å². The van der Waals surface area contributed by atoms with Crippen LogP contribution >= 0.6 is 11.3 Å². The zero-order chi connectivity index (χ0) is 16.5. The fourth-order valence-electron chi connectivity index (χ4n) is 2.07. The second kappa shape index (κ2) is 8.95. The molecule has 0 aliphatic carbocycles. The van der Waals surface area contributed by atoms with Crippen molar-refractivity contribution in [1.29, 1.82) is 0 Å². The van der Waals surface area contributed by atoms with Crippen LogP contribution in [0.5, 0.6) is 0 Å². The number of hydrogen-bond donors (Lipinski definition) is 2. The molecule has 1 heterocycles. The minimum atomic E-state index is -0.602. The summed E-state index contributed by atoms with van der Waals surface area (Å²) in [5.74, 6) is -0.232. The third kappa shape index (κ3) is 6.52. The van der Waals surface area contributed by atoms with Crippen LogP contribution in [0.25, 0.3) is 0 Å². The van der Waals surface area contributed by atoms with Crippen LogP contribution in [0.1, 0.15) is 18.1 Å². The SMILES string of the molecule is CC(Cc1ccsc1)NC(=O)CNC(=O)OCc1ccccc1. The molecule has 0 spiro atoms. The molecular weight excluding hydrogens is 312 g/mol. The maximum atomic E-state index is 11.8. The Hall–Kier alpha value is -2.34. The van der Waals surface area contributed by atoms with Gasteiger partial charge in [-0.25, -0.2) is 4.79 Å². The summed E-state index contributed by atoms with van der Waals surface area (Å²) in [6.45, 7) is 2.02. The number of alkyl carbamates (subject to hydrolysis) is 1. The molecule has 0 bridgehead atoms. The van der Waals surface area contributed by atoms with Crippen molar-refractivity contribution < 1.29 is 14.3 Å². The van der Waals surface area contributed by atoms with Gasteiger partial charge in [0.1, 0.15) is 13.2 Å². The van der Waals surface area contributed by atoms with Crippen molar-refractivity contribution in [2.45, 2.75) is 26.0 Å². The van der Waals surface area contributed by atoms with Crippen LogP contribution in [0.15, 0.2) is 47.2 Å². The standard InChI is InChI=1S/C17H20N2O3S/c1-13(9-15-7-8-23-12-15)19-16(20)10-18-17(21)22-11-14-5-3-2-4-6-14/h2-8,12-13H,9-11H2,1H3,(H,18,21)(H,19,20). The minimum Gasteiger partial charge on any atom is -0.445 e. The van der Waals surface area contributed by atoms with Gasteiger partial charge in [0.25, 0.3) is 0 Å². The lowest BCUT2D eigenvalue weighted by molar-refractivity contribution is -0.120. The summed E-state index contributed by atoms with van der Waals surface area (Å²) < 4.78 is 5.04. The van der Waals surface area contributed by atoms with Crippen molar-refractivity contribution >= 4 is 23.3 Å². The first kappa shape index (κ1) is 17.0. The molecule has 1 aromatic heterocycles. The van der Waals surface area contributed by atoms with Gasteiger partial charge in [-0.15, -0.1) is 0 Å². The molecule has 1 atom stereocenters. The number of hydrogen-bond acceptors (Lipinski definition) is 4. The average Bonchev–Trinajstić information content (AvgIpc) is 3.04. The number of benzene rings is 1. The van der Waals surface area contributed by atoms with E-state index in [0.29, 0.717) is 0 Å². The third-order valence-electron chi connectivity index (χ3n) is 3.14. The van der Waals surface area contributed by atoms with Gasteiger partial charge >= 0.3 is 6.09 Å². The molecule has 2 amide bonds. The molecule has 0 radical (unpaired) electrons. The van der Waals surface area contributed by atoms with Gasteiger partial charge in [0, 0.05) is 6.04 Å². The Balaban J connectivity index is 1.62. The van der Waals surface area contributed by atoms with Crippen LogP contribution in [0, 0.1) is 0 Å². The molecule has 0 aliphatic heterocycles. The fourth-order valence-corrected chi connectivity index (χ4v) is 2.75. The van der Waals surface area contributed by atoms with E-state index in [1.165, 1.54) is 5.56 Å². The van der Waals surface area contributed by atoms with Crippen molar-refractivity contribution in [2.24, 2.45) is 0 Å². The van der Waals surface area contributed by atoms with Gasteiger partial charge in [-0.3, -0.25) is 4.79 Å². The smallest absolute Gasteiger partial charge is 0.407 e. The van der Waals surface area contributed by atoms with E-state index in [1.807, 2.05) is 48.7 Å². The zero-order valence-electron chi connectivity index (χ0n) is 13.0. The van der Waals surface area contributed by atoms with E-state index in [1.54, 1.807) is 11.3 Å². The molecule has 6 heteroatoms. The van der Waals surface area contributed by atoms with E-state index in [2.05, 4.69) is 16.0 Å². The Kier molecular flexibility index (Phi) is 6.62. The number of ether oxygens (including phenoxy) is 1. The lowest BCUT2D eigenvalue weighted by Crippen LogP contribution is -2.41. The van der Waals surface area contributed by atoms with Gasteiger partial charge in [-0.2, -0.15) is 11.3 Å². The van der Waals surface area contributed by atoms with Crippen molar-refractivity contribution in [3.8, 4) is 0 Å². The highest BCUT2D eigenvalue weighted by atomic mass is 32.1. The van der Waals surface area contributed by atoms with Gasteiger partial charge in [-0.05, 0) is 41.3 Å². The largest absolute Gasteiger partial charge is 0.445 e. The molecular formula is C17H20N2O3S. The number of thiophene rings is 1. The average molecular weight is 332 g/mol. The topological polar surface area (TPSA) is 67.4 Å². The molecule has 2 N–H and O–H groups in total. The van der Waals surface area contributed by atoms with Gasteiger partial charge in [-0.1, -0.05) is 30.3 Å². The first-order valence-corrected chi connectivity index (χ1v) is 8.33.